The summed E-state index contributed by atoms with van der Waals surface area (Å²) in [5.41, 5.74) is 7.92. The van der Waals surface area contributed by atoms with Crippen LogP contribution in [0.2, 0.25) is 0 Å². The summed E-state index contributed by atoms with van der Waals surface area (Å²) in [5.74, 6) is 0. The number of hydrogen-bond donors (Lipinski definition) is 0. The van der Waals surface area contributed by atoms with Crippen LogP contribution < -0.4 is 0 Å². The fourth-order valence-corrected chi connectivity index (χ4v) is 5.93. The maximum absolute atomic E-state index is 3.35. The first-order valence-electron chi connectivity index (χ1n) is 8.88. The highest BCUT2D eigenvalue weighted by Crippen LogP contribution is 2.61. The molecule has 4 aromatic carbocycles. The summed E-state index contributed by atoms with van der Waals surface area (Å²) in [7, 11) is 0. The summed E-state index contributed by atoms with van der Waals surface area (Å²) < 4.78 is 0. The molecule has 0 aromatic heterocycles. The van der Waals surface area contributed by atoms with Gasteiger partial charge in [-0.1, -0.05) is 84.6 Å². The predicted molar refractivity (Wildman–Crippen MR) is 107 cm³/mol. The van der Waals surface area contributed by atoms with Crippen LogP contribution in [0.15, 0.2) is 101 Å². The third-order valence-electron chi connectivity index (χ3n) is 5.69. The quantitative estimate of drug-likeness (QED) is 0.310. The van der Waals surface area contributed by atoms with Crippen molar-refractivity contribution in [1.29, 1.82) is 0 Å². The molecular weight excluding hydrogens is 332 g/mol. The molecule has 1 spiro atoms. The molecule has 1 heteroatoms. The van der Waals surface area contributed by atoms with Crippen LogP contribution in [0.25, 0.3) is 11.1 Å². The first-order chi connectivity index (χ1) is 12.9. The molecule has 0 amide bonds. The van der Waals surface area contributed by atoms with Gasteiger partial charge in [-0.15, -0.1) is 0 Å². The number of fused-ring (bicyclic) bond motifs is 9. The van der Waals surface area contributed by atoms with Gasteiger partial charge < -0.3 is 0 Å². The normalized spacial score (nSPS) is 15.1. The summed E-state index contributed by atoms with van der Waals surface area (Å²) in [6, 6.07) is 36.4. The fraction of sp³-hybridized carbons (Fsp3) is 0.0400. The van der Waals surface area contributed by atoms with Gasteiger partial charge in [0.2, 0.25) is 0 Å². The highest BCUT2D eigenvalue weighted by atomic mass is 32.2. The number of hydrogen-bond acceptors (Lipinski definition) is 1. The van der Waals surface area contributed by atoms with Gasteiger partial charge in [-0.3, -0.25) is 0 Å². The summed E-state index contributed by atoms with van der Waals surface area (Å²) in [6.45, 7) is 0. The molecule has 4 aromatic rings. The van der Waals surface area contributed by atoms with Crippen molar-refractivity contribution in [1.82, 2.24) is 0 Å². The standard InChI is InChI=1S/C25H15S/c1-3-11-19-17(9-1)18-10-2-4-12-20(18)25(19)21-13-5-7-15-23(21)26-24-16-8-6-14-22(24)25/h1-3,5-16H. The first kappa shape index (κ1) is 14.4. The van der Waals surface area contributed by atoms with Crippen molar-refractivity contribution in [3.05, 3.63) is 119 Å². The second-order valence-electron chi connectivity index (χ2n) is 6.86. The third-order valence-corrected chi connectivity index (χ3v) is 6.84. The van der Waals surface area contributed by atoms with E-state index in [0.29, 0.717) is 0 Å². The highest BCUT2D eigenvalue weighted by molar-refractivity contribution is 7.99. The van der Waals surface area contributed by atoms with Gasteiger partial charge in [-0.05, 0) is 57.6 Å². The second kappa shape index (κ2) is 5.12. The van der Waals surface area contributed by atoms with Crippen molar-refractivity contribution in [3.63, 3.8) is 0 Å². The van der Waals surface area contributed by atoms with Gasteiger partial charge in [0, 0.05) is 9.79 Å². The molecule has 2 aliphatic rings. The molecule has 0 saturated heterocycles. The van der Waals surface area contributed by atoms with Crippen LogP contribution in [-0.2, 0) is 5.41 Å². The molecule has 0 bridgehead atoms. The molecule has 0 unspecified atom stereocenters. The molecule has 0 N–H and O–H groups in total. The minimum Gasteiger partial charge on any atom is -0.0894 e. The van der Waals surface area contributed by atoms with Crippen LogP contribution >= 0.6 is 11.8 Å². The average Bonchev–Trinajstić information content (AvgIpc) is 3.00. The molecule has 1 radical (unpaired) electrons. The molecule has 1 aliphatic carbocycles. The Labute approximate surface area is 157 Å². The molecule has 121 valence electrons. The van der Waals surface area contributed by atoms with Gasteiger partial charge in [-0.2, -0.15) is 0 Å². The smallest absolute Gasteiger partial charge is 0.0735 e. The predicted octanol–water partition coefficient (Wildman–Crippen LogP) is 6.31. The van der Waals surface area contributed by atoms with E-state index in [1.54, 1.807) is 0 Å². The lowest BCUT2D eigenvalue weighted by Crippen LogP contribution is -2.31. The van der Waals surface area contributed by atoms with Crippen LogP contribution in [0.3, 0.4) is 0 Å². The first-order valence-corrected chi connectivity index (χ1v) is 9.69. The van der Waals surface area contributed by atoms with Gasteiger partial charge in [0.05, 0.1) is 5.41 Å². The lowest BCUT2D eigenvalue weighted by atomic mass is 9.67. The molecule has 0 nitrogen and oxygen atoms in total. The van der Waals surface area contributed by atoms with Gasteiger partial charge in [-0.25, -0.2) is 0 Å². The largest absolute Gasteiger partial charge is 0.0894 e. The minimum atomic E-state index is -0.248. The van der Waals surface area contributed by atoms with E-state index in [0.717, 1.165) is 0 Å². The maximum atomic E-state index is 3.35. The van der Waals surface area contributed by atoms with E-state index in [9.17, 15) is 0 Å². The Bertz CT molecular complexity index is 1080. The number of rotatable bonds is 0. The lowest BCUT2D eigenvalue weighted by molar-refractivity contribution is 0.722. The Morgan fingerprint density at radius 3 is 1.88 bits per heavy atom. The van der Waals surface area contributed by atoms with Crippen molar-refractivity contribution in [2.75, 3.05) is 0 Å². The van der Waals surface area contributed by atoms with Gasteiger partial charge >= 0.3 is 0 Å². The zero-order valence-electron chi connectivity index (χ0n) is 14.1. The molecule has 0 fully saturated rings. The van der Waals surface area contributed by atoms with E-state index < -0.39 is 0 Å². The summed E-state index contributed by atoms with van der Waals surface area (Å²) in [4.78, 5) is 2.69. The van der Waals surface area contributed by atoms with Gasteiger partial charge in [0.25, 0.3) is 0 Å². The Balaban J connectivity index is 1.87. The molecule has 1 aliphatic heterocycles. The van der Waals surface area contributed by atoms with E-state index in [1.165, 1.54) is 43.2 Å². The van der Waals surface area contributed by atoms with E-state index in [-0.39, 0.29) is 5.41 Å². The average molecular weight is 347 g/mol. The van der Waals surface area contributed by atoms with Crippen molar-refractivity contribution < 1.29 is 0 Å². The fourth-order valence-electron chi connectivity index (χ4n) is 4.74. The summed E-state index contributed by atoms with van der Waals surface area (Å²) >= 11 is 1.88. The third kappa shape index (κ3) is 1.62. The Kier molecular flexibility index (Phi) is 2.84. The zero-order chi connectivity index (χ0) is 17.1. The van der Waals surface area contributed by atoms with E-state index in [2.05, 4.69) is 91.0 Å². The van der Waals surface area contributed by atoms with Crippen LogP contribution in [0.4, 0.5) is 0 Å². The van der Waals surface area contributed by atoms with Crippen molar-refractivity contribution in [2.24, 2.45) is 0 Å². The minimum absolute atomic E-state index is 0.248. The molecule has 0 saturated carbocycles. The number of benzene rings is 4. The van der Waals surface area contributed by atoms with Crippen molar-refractivity contribution >= 4 is 11.8 Å². The Morgan fingerprint density at radius 2 is 1.15 bits per heavy atom. The van der Waals surface area contributed by atoms with E-state index in [1.807, 2.05) is 17.8 Å². The van der Waals surface area contributed by atoms with E-state index >= 15 is 0 Å². The van der Waals surface area contributed by atoms with Crippen molar-refractivity contribution in [3.8, 4) is 11.1 Å². The highest BCUT2D eigenvalue weighted by Gasteiger charge is 2.49. The van der Waals surface area contributed by atoms with Crippen LogP contribution in [0.1, 0.15) is 22.3 Å². The molecular formula is C25H15S. The monoisotopic (exact) mass is 347 g/mol. The topological polar surface area (TPSA) is 0 Å². The Hall–Kier alpha value is -2.77. The lowest BCUT2D eigenvalue weighted by Gasteiger charge is -2.39. The second-order valence-corrected chi connectivity index (χ2v) is 7.95. The zero-order valence-corrected chi connectivity index (χ0v) is 14.9. The van der Waals surface area contributed by atoms with Crippen LogP contribution in [0, 0.1) is 6.07 Å². The van der Waals surface area contributed by atoms with Crippen LogP contribution in [-0.4, -0.2) is 0 Å². The molecule has 1 heterocycles. The molecule has 26 heavy (non-hydrogen) atoms. The van der Waals surface area contributed by atoms with Crippen LogP contribution in [0.5, 0.6) is 0 Å². The summed E-state index contributed by atoms with van der Waals surface area (Å²) in [5, 5.41) is 0. The van der Waals surface area contributed by atoms with Crippen molar-refractivity contribution in [2.45, 2.75) is 15.2 Å². The summed E-state index contributed by atoms with van der Waals surface area (Å²) in [6.07, 6.45) is 0. The van der Waals surface area contributed by atoms with Gasteiger partial charge in [0.1, 0.15) is 0 Å². The SMILES string of the molecule is [c]1ccc2c(c1)C1(c3ccccc3Sc3ccccc31)c1ccccc1-2. The molecule has 0 atom stereocenters. The Morgan fingerprint density at radius 1 is 0.577 bits per heavy atom. The van der Waals surface area contributed by atoms with Gasteiger partial charge in [0.15, 0.2) is 0 Å². The molecule has 6 rings (SSSR count). The maximum Gasteiger partial charge on any atom is 0.0735 e. The van der Waals surface area contributed by atoms with E-state index in [4.69, 9.17) is 0 Å².